The highest BCUT2D eigenvalue weighted by molar-refractivity contribution is 5.95. The molecule has 2 aromatic rings. The van der Waals surface area contributed by atoms with Gasteiger partial charge in [0.1, 0.15) is 17.3 Å². The number of rotatable bonds is 9. The Morgan fingerprint density at radius 1 is 1.23 bits per heavy atom. The molecule has 0 saturated heterocycles. The van der Waals surface area contributed by atoms with Crippen LogP contribution in [0, 0.1) is 0 Å². The van der Waals surface area contributed by atoms with Crippen LogP contribution in [-0.4, -0.2) is 31.2 Å². The van der Waals surface area contributed by atoms with Gasteiger partial charge in [0.05, 0.1) is 38.5 Å². The first-order valence-corrected chi connectivity index (χ1v) is 8.31. The molecule has 0 spiro atoms. The van der Waals surface area contributed by atoms with Crippen molar-refractivity contribution < 1.29 is 28.6 Å². The molecule has 140 valence electrons. The van der Waals surface area contributed by atoms with Crippen molar-refractivity contribution in [1.82, 2.24) is 5.32 Å². The summed E-state index contributed by atoms with van der Waals surface area (Å²) >= 11 is 0. The van der Waals surface area contributed by atoms with Gasteiger partial charge in [0.2, 0.25) is 0 Å². The van der Waals surface area contributed by atoms with Gasteiger partial charge in [-0.05, 0) is 24.6 Å². The molecular weight excluding hydrogens is 338 g/mol. The van der Waals surface area contributed by atoms with E-state index >= 15 is 0 Å². The molecule has 1 amide bonds. The van der Waals surface area contributed by atoms with E-state index in [2.05, 4.69) is 5.32 Å². The van der Waals surface area contributed by atoms with Crippen LogP contribution in [-0.2, 0) is 11.2 Å². The number of carbonyl (C=O) groups excluding carboxylic acids is 1. The van der Waals surface area contributed by atoms with Gasteiger partial charge in [-0.15, -0.1) is 0 Å². The first-order valence-electron chi connectivity index (χ1n) is 8.31. The third-order valence-corrected chi connectivity index (χ3v) is 3.97. The van der Waals surface area contributed by atoms with Gasteiger partial charge in [-0.25, -0.2) is 0 Å². The number of ether oxygens (including phenoxy) is 2. The molecule has 1 unspecified atom stereocenters. The Morgan fingerprint density at radius 3 is 2.62 bits per heavy atom. The summed E-state index contributed by atoms with van der Waals surface area (Å²) in [7, 11) is 3.01. The number of carboxylic acid groups (broad SMARTS) is 1. The van der Waals surface area contributed by atoms with E-state index in [0.717, 1.165) is 6.42 Å². The summed E-state index contributed by atoms with van der Waals surface area (Å²) in [5, 5.41) is 12.0. The van der Waals surface area contributed by atoms with Crippen LogP contribution in [0.3, 0.4) is 0 Å². The highest BCUT2D eigenvalue weighted by Gasteiger charge is 2.24. The third-order valence-electron chi connectivity index (χ3n) is 3.97. The van der Waals surface area contributed by atoms with Gasteiger partial charge >= 0.3 is 5.97 Å². The largest absolute Gasteiger partial charge is 0.497 e. The zero-order chi connectivity index (χ0) is 19.1. The van der Waals surface area contributed by atoms with Gasteiger partial charge in [0, 0.05) is 18.1 Å². The molecule has 7 heteroatoms. The second-order valence-corrected chi connectivity index (χ2v) is 5.74. The monoisotopic (exact) mass is 361 g/mol. The average Bonchev–Trinajstić information content (AvgIpc) is 3.09. The minimum atomic E-state index is -1.03. The molecule has 1 aromatic heterocycles. The number of hydrogen-bond acceptors (Lipinski definition) is 5. The summed E-state index contributed by atoms with van der Waals surface area (Å²) < 4.78 is 15.9. The second-order valence-electron chi connectivity index (χ2n) is 5.74. The predicted molar refractivity (Wildman–Crippen MR) is 94.7 cm³/mol. The van der Waals surface area contributed by atoms with Crippen molar-refractivity contribution in [1.29, 1.82) is 0 Å². The third kappa shape index (κ3) is 4.56. The maximum atomic E-state index is 12.7. The fraction of sp³-hybridized carbons (Fsp3) is 0.368. The van der Waals surface area contributed by atoms with E-state index < -0.39 is 12.0 Å². The van der Waals surface area contributed by atoms with Gasteiger partial charge in [-0.3, -0.25) is 9.59 Å². The molecule has 26 heavy (non-hydrogen) atoms. The number of nitrogens with one attached hydrogen (secondary N) is 1. The number of benzene rings is 1. The molecule has 2 rings (SSSR count). The quantitative estimate of drug-likeness (QED) is 0.712. The zero-order valence-electron chi connectivity index (χ0n) is 15.1. The molecule has 0 fully saturated rings. The van der Waals surface area contributed by atoms with Crippen LogP contribution < -0.4 is 14.8 Å². The molecule has 1 aromatic carbocycles. The second kappa shape index (κ2) is 8.94. The number of aryl methyl sites for hydroxylation is 1. The summed E-state index contributed by atoms with van der Waals surface area (Å²) in [5.74, 6) is 0.184. The lowest BCUT2D eigenvalue weighted by molar-refractivity contribution is -0.137. The van der Waals surface area contributed by atoms with Crippen LogP contribution in [0.5, 0.6) is 11.5 Å². The van der Waals surface area contributed by atoms with Crippen LogP contribution in [0.1, 0.15) is 47.5 Å². The smallest absolute Gasteiger partial charge is 0.305 e. The van der Waals surface area contributed by atoms with E-state index in [1.54, 1.807) is 24.3 Å². The van der Waals surface area contributed by atoms with Crippen molar-refractivity contribution in [3.8, 4) is 11.5 Å². The normalized spacial score (nSPS) is 11.7. The Bertz CT molecular complexity index is 767. The fourth-order valence-corrected chi connectivity index (χ4v) is 2.72. The lowest BCUT2D eigenvalue weighted by Crippen LogP contribution is -2.30. The predicted octanol–water partition coefficient (Wildman–Crippen LogP) is 3.20. The average molecular weight is 361 g/mol. The zero-order valence-corrected chi connectivity index (χ0v) is 15.1. The molecule has 0 aliphatic carbocycles. The molecule has 7 nitrogen and oxygen atoms in total. The van der Waals surface area contributed by atoms with E-state index in [1.165, 1.54) is 20.5 Å². The van der Waals surface area contributed by atoms with Gasteiger partial charge < -0.3 is 24.3 Å². The van der Waals surface area contributed by atoms with Crippen molar-refractivity contribution in [2.24, 2.45) is 0 Å². The van der Waals surface area contributed by atoms with Crippen LogP contribution >= 0.6 is 0 Å². The highest BCUT2D eigenvalue weighted by atomic mass is 16.5. The van der Waals surface area contributed by atoms with E-state index in [1.807, 2.05) is 6.92 Å². The molecule has 0 bridgehead atoms. The lowest BCUT2D eigenvalue weighted by Gasteiger charge is -2.20. The van der Waals surface area contributed by atoms with Crippen molar-refractivity contribution in [3.05, 3.63) is 47.4 Å². The number of methoxy groups -OCH3 is 2. The first kappa shape index (κ1) is 19.4. The Labute approximate surface area is 151 Å². The first-order chi connectivity index (χ1) is 12.5. The minimum absolute atomic E-state index is 0.282. The minimum Gasteiger partial charge on any atom is -0.497 e. The molecule has 0 aliphatic rings. The van der Waals surface area contributed by atoms with E-state index in [4.69, 9.17) is 13.9 Å². The van der Waals surface area contributed by atoms with Crippen LogP contribution in [0.4, 0.5) is 0 Å². The molecule has 0 radical (unpaired) electrons. The van der Waals surface area contributed by atoms with E-state index in [0.29, 0.717) is 34.8 Å². The van der Waals surface area contributed by atoms with Gasteiger partial charge in [0.15, 0.2) is 0 Å². The number of amides is 1. The van der Waals surface area contributed by atoms with Crippen molar-refractivity contribution in [3.63, 3.8) is 0 Å². The summed E-state index contributed by atoms with van der Waals surface area (Å²) in [4.78, 5) is 24.0. The number of aliphatic carboxylic acids is 1. The SMILES string of the molecule is CCCc1occc1C(=O)NC(CC(=O)O)c1ccc(OC)cc1OC. The molecule has 1 heterocycles. The number of furan rings is 1. The van der Waals surface area contributed by atoms with Crippen LogP contribution in [0.25, 0.3) is 0 Å². The molecule has 0 saturated carbocycles. The molecular formula is C19H23NO6. The summed E-state index contributed by atoms with van der Waals surface area (Å²) in [5.41, 5.74) is 0.972. The number of carbonyl (C=O) groups is 2. The fourth-order valence-electron chi connectivity index (χ4n) is 2.72. The van der Waals surface area contributed by atoms with Crippen molar-refractivity contribution >= 4 is 11.9 Å². The van der Waals surface area contributed by atoms with Crippen LogP contribution in [0.15, 0.2) is 34.9 Å². The molecule has 0 aliphatic heterocycles. The molecule has 1 atom stereocenters. The Kier molecular flexibility index (Phi) is 6.66. The Morgan fingerprint density at radius 2 is 2.00 bits per heavy atom. The number of carboxylic acids is 1. The van der Waals surface area contributed by atoms with Crippen molar-refractivity contribution in [2.75, 3.05) is 14.2 Å². The van der Waals surface area contributed by atoms with Gasteiger partial charge in [-0.1, -0.05) is 6.92 Å². The van der Waals surface area contributed by atoms with E-state index in [9.17, 15) is 14.7 Å². The maximum Gasteiger partial charge on any atom is 0.305 e. The lowest BCUT2D eigenvalue weighted by atomic mass is 10.0. The van der Waals surface area contributed by atoms with Gasteiger partial charge in [0.25, 0.3) is 5.91 Å². The van der Waals surface area contributed by atoms with Crippen molar-refractivity contribution in [2.45, 2.75) is 32.2 Å². The Hall–Kier alpha value is -2.96. The van der Waals surface area contributed by atoms with E-state index in [-0.39, 0.29) is 12.3 Å². The Balaban J connectivity index is 2.32. The maximum absolute atomic E-state index is 12.7. The summed E-state index contributed by atoms with van der Waals surface area (Å²) in [6.45, 7) is 1.99. The topological polar surface area (TPSA) is 98.0 Å². The number of hydrogen-bond donors (Lipinski definition) is 2. The standard InChI is InChI=1S/C19H23NO6/c1-4-5-16-14(8-9-26-16)19(23)20-15(11-18(21)22)13-7-6-12(24-2)10-17(13)25-3/h6-10,15H,4-5,11H2,1-3H3,(H,20,23)(H,21,22). The summed E-state index contributed by atoms with van der Waals surface area (Å²) in [6.07, 6.45) is 2.64. The van der Waals surface area contributed by atoms with Gasteiger partial charge in [-0.2, -0.15) is 0 Å². The summed E-state index contributed by atoms with van der Waals surface area (Å²) in [6, 6.07) is 5.86. The van der Waals surface area contributed by atoms with Crippen LogP contribution in [0.2, 0.25) is 0 Å². The highest BCUT2D eigenvalue weighted by Crippen LogP contribution is 2.31. The molecule has 2 N–H and O–H groups in total.